The summed E-state index contributed by atoms with van der Waals surface area (Å²) in [7, 11) is -2.18. The number of ether oxygens (including phenoxy) is 1. The summed E-state index contributed by atoms with van der Waals surface area (Å²) in [6.07, 6.45) is 2.66. The molecule has 1 aromatic carbocycles. The van der Waals surface area contributed by atoms with Crippen molar-refractivity contribution < 1.29 is 17.9 Å². The van der Waals surface area contributed by atoms with Crippen molar-refractivity contribution in [2.45, 2.75) is 38.0 Å². The van der Waals surface area contributed by atoms with Crippen molar-refractivity contribution in [3.05, 3.63) is 45.4 Å². The fourth-order valence-electron chi connectivity index (χ4n) is 2.59. The van der Waals surface area contributed by atoms with E-state index in [1.165, 1.54) is 19.2 Å². The minimum absolute atomic E-state index is 0.0680. The normalized spacial score (nSPS) is 11.5. The van der Waals surface area contributed by atoms with Crippen LogP contribution in [0.2, 0.25) is 0 Å². The summed E-state index contributed by atoms with van der Waals surface area (Å²) in [6.45, 7) is 4.75. The first-order valence-corrected chi connectivity index (χ1v) is 11.5. The van der Waals surface area contributed by atoms with Crippen LogP contribution in [0.1, 0.15) is 39.5 Å². The molecule has 2 rings (SSSR count). The lowest BCUT2D eigenvalue weighted by Crippen LogP contribution is -2.28. The van der Waals surface area contributed by atoms with Crippen LogP contribution in [-0.2, 0) is 21.2 Å². The fourth-order valence-corrected chi connectivity index (χ4v) is 4.45. The van der Waals surface area contributed by atoms with E-state index in [2.05, 4.69) is 15.0 Å². The van der Waals surface area contributed by atoms with E-state index in [1.807, 2.05) is 12.3 Å². The molecular formula is C19H27N3O4S2. The zero-order valence-corrected chi connectivity index (χ0v) is 18.1. The summed E-state index contributed by atoms with van der Waals surface area (Å²) in [5, 5.41) is 6.01. The first-order valence-electron chi connectivity index (χ1n) is 9.12. The van der Waals surface area contributed by atoms with Crippen LogP contribution in [0.4, 0.5) is 0 Å². The molecule has 0 saturated carbocycles. The van der Waals surface area contributed by atoms with E-state index in [1.54, 1.807) is 24.3 Å². The van der Waals surface area contributed by atoms with Gasteiger partial charge in [0.05, 0.1) is 16.5 Å². The Morgan fingerprint density at radius 3 is 2.68 bits per heavy atom. The number of thiazole rings is 1. The smallest absolute Gasteiger partial charge is 0.251 e. The molecule has 0 radical (unpaired) electrons. The van der Waals surface area contributed by atoms with Gasteiger partial charge in [0.2, 0.25) is 10.0 Å². The van der Waals surface area contributed by atoms with Gasteiger partial charge in [0.15, 0.2) is 0 Å². The number of benzene rings is 1. The molecular weight excluding hydrogens is 398 g/mol. The van der Waals surface area contributed by atoms with Crippen molar-refractivity contribution in [3.63, 3.8) is 0 Å². The van der Waals surface area contributed by atoms with Gasteiger partial charge in [0, 0.05) is 36.8 Å². The number of hydrogen-bond donors (Lipinski definition) is 2. The molecule has 9 heteroatoms. The number of aryl methyl sites for hydroxylation is 3. The summed E-state index contributed by atoms with van der Waals surface area (Å²) >= 11 is 1.65. The van der Waals surface area contributed by atoms with Crippen LogP contribution >= 0.6 is 11.3 Å². The maximum atomic E-state index is 12.5. The summed E-state index contributed by atoms with van der Waals surface area (Å²) < 4.78 is 32.0. The molecule has 0 atom stereocenters. The average Bonchev–Trinajstić information content (AvgIpc) is 3.06. The highest BCUT2D eigenvalue weighted by Crippen LogP contribution is 2.16. The SMILES string of the molecule is COCCNS(=O)(=O)c1ccc(C)c(C(=O)NCCCCc2nc(C)cs2)c1. The van der Waals surface area contributed by atoms with E-state index in [0.717, 1.165) is 35.5 Å². The predicted molar refractivity (Wildman–Crippen MR) is 110 cm³/mol. The lowest BCUT2D eigenvalue weighted by Gasteiger charge is -2.11. The van der Waals surface area contributed by atoms with Gasteiger partial charge in [0.1, 0.15) is 0 Å². The van der Waals surface area contributed by atoms with Gasteiger partial charge < -0.3 is 10.1 Å². The summed E-state index contributed by atoms with van der Waals surface area (Å²) in [5.74, 6) is -0.267. The molecule has 0 aliphatic rings. The van der Waals surface area contributed by atoms with Crippen molar-refractivity contribution >= 4 is 27.3 Å². The number of sulfonamides is 1. The Morgan fingerprint density at radius 1 is 1.21 bits per heavy atom. The van der Waals surface area contributed by atoms with Gasteiger partial charge in [-0.25, -0.2) is 18.1 Å². The first kappa shape index (κ1) is 22.5. The summed E-state index contributed by atoms with van der Waals surface area (Å²) in [5.41, 5.74) is 2.13. The topological polar surface area (TPSA) is 97.4 Å². The Kier molecular flexibility index (Phi) is 8.56. The van der Waals surface area contributed by atoms with Crippen LogP contribution < -0.4 is 10.0 Å². The Morgan fingerprint density at radius 2 is 2.00 bits per heavy atom. The van der Waals surface area contributed by atoms with Gasteiger partial charge in [-0.05, 0) is 50.8 Å². The second-order valence-corrected chi connectivity index (χ2v) is 9.17. The molecule has 2 aromatic rings. The number of methoxy groups -OCH3 is 1. The number of carbonyl (C=O) groups excluding carboxylic acids is 1. The van der Waals surface area contributed by atoms with Crippen LogP contribution in [0, 0.1) is 13.8 Å². The molecule has 1 heterocycles. The number of nitrogens with one attached hydrogen (secondary N) is 2. The van der Waals surface area contributed by atoms with E-state index in [-0.39, 0.29) is 24.0 Å². The summed E-state index contributed by atoms with van der Waals surface area (Å²) in [4.78, 5) is 17.0. The number of hydrogen-bond acceptors (Lipinski definition) is 6. The highest BCUT2D eigenvalue weighted by molar-refractivity contribution is 7.89. The molecule has 0 spiro atoms. The maximum absolute atomic E-state index is 12.5. The molecule has 2 N–H and O–H groups in total. The van der Waals surface area contributed by atoms with Gasteiger partial charge in [-0.15, -0.1) is 11.3 Å². The molecule has 1 aromatic heterocycles. The zero-order chi connectivity index (χ0) is 20.6. The molecule has 0 unspecified atom stereocenters. The third kappa shape index (κ3) is 6.66. The highest BCUT2D eigenvalue weighted by atomic mass is 32.2. The Bertz CT molecular complexity index is 894. The minimum Gasteiger partial charge on any atom is -0.383 e. The van der Waals surface area contributed by atoms with Gasteiger partial charge in [0.25, 0.3) is 5.91 Å². The van der Waals surface area contributed by atoms with Crippen molar-refractivity contribution in [3.8, 4) is 0 Å². The minimum atomic E-state index is -3.68. The highest BCUT2D eigenvalue weighted by Gasteiger charge is 2.17. The van der Waals surface area contributed by atoms with E-state index >= 15 is 0 Å². The quantitative estimate of drug-likeness (QED) is 0.539. The molecule has 1 amide bonds. The molecule has 7 nitrogen and oxygen atoms in total. The zero-order valence-electron chi connectivity index (χ0n) is 16.4. The average molecular weight is 426 g/mol. The van der Waals surface area contributed by atoms with Crippen molar-refractivity contribution in [1.29, 1.82) is 0 Å². The standard InChI is InChI=1S/C19H27N3O4S2/c1-14-7-8-16(28(24,25)21-10-11-26-3)12-17(14)19(23)20-9-5-4-6-18-22-15(2)13-27-18/h7-8,12-13,21H,4-6,9-11H2,1-3H3,(H,20,23). The lowest BCUT2D eigenvalue weighted by atomic mass is 10.1. The Labute approximate surface area is 170 Å². The number of aromatic nitrogens is 1. The summed E-state index contributed by atoms with van der Waals surface area (Å²) in [6, 6.07) is 4.56. The molecule has 0 bridgehead atoms. The van der Waals surface area contributed by atoms with Crippen LogP contribution in [0.5, 0.6) is 0 Å². The van der Waals surface area contributed by atoms with E-state index in [0.29, 0.717) is 12.1 Å². The van der Waals surface area contributed by atoms with Crippen LogP contribution in [0.25, 0.3) is 0 Å². The van der Waals surface area contributed by atoms with Gasteiger partial charge in [-0.3, -0.25) is 4.79 Å². The van der Waals surface area contributed by atoms with E-state index in [4.69, 9.17) is 4.74 Å². The lowest BCUT2D eigenvalue weighted by molar-refractivity contribution is 0.0952. The molecule has 28 heavy (non-hydrogen) atoms. The monoisotopic (exact) mass is 425 g/mol. The maximum Gasteiger partial charge on any atom is 0.251 e. The van der Waals surface area contributed by atoms with Gasteiger partial charge >= 0.3 is 0 Å². The molecule has 0 fully saturated rings. The number of carbonyl (C=O) groups is 1. The van der Waals surface area contributed by atoms with Crippen molar-refractivity contribution in [2.24, 2.45) is 0 Å². The first-order chi connectivity index (χ1) is 13.3. The van der Waals surface area contributed by atoms with E-state index in [9.17, 15) is 13.2 Å². The van der Waals surface area contributed by atoms with Crippen LogP contribution in [0.15, 0.2) is 28.5 Å². The third-order valence-corrected chi connectivity index (χ3v) is 6.62. The number of rotatable bonds is 11. The Balaban J connectivity index is 1.89. The van der Waals surface area contributed by atoms with Crippen molar-refractivity contribution in [1.82, 2.24) is 15.0 Å². The fraction of sp³-hybridized carbons (Fsp3) is 0.474. The van der Waals surface area contributed by atoms with E-state index < -0.39 is 10.0 Å². The predicted octanol–water partition coefficient (Wildman–Crippen LogP) is 2.44. The van der Waals surface area contributed by atoms with Crippen LogP contribution in [-0.4, -0.2) is 46.1 Å². The molecule has 154 valence electrons. The molecule has 0 saturated heterocycles. The van der Waals surface area contributed by atoms with Crippen LogP contribution in [0.3, 0.4) is 0 Å². The molecule has 0 aliphatic carbocycles. The Hall–Kier alpha value is -1.81. The number of nitrogens with zero attached hydrogens (tertiary/aromatic N) is 1. The number of amides is 1. The third-order valence-electron chi connectivity index (χ3n) is 4.13. The molecule has 0 aliphatic heterocycles. The van der Waals surface area contributed by atoms with Gasteiger partial charge in [-0.2, -0.15) is 0 Å². The second kappa shape index (κ2) is 10.7. The van der Waals surface area contributed by atoms with Gasteiger partial charge in [-0.1, -0.05) is 6.07 Å². The number of unbranched alkanes of at least 4 members (excludes halogenated alkanes) is 1. The van der Waals surface area contributed by atoms with Crippen molar-refractivity contribution in [2.75, 3.05) is 26.8 Å². The largest absolute Gasteiger partial charge is 0.383 e. The second-order valence-electron chi connectivity index (χ2n) is 6.46.